The van der Waals surface area contributed by atoms with Gasteiger partial charge in [0.2, 0.25) is 11.8 Å². The van der Waals surface area contributed by atoms with Gasteiger partial charge >= 0.3 is 0 Å². The lowest BCUT2D eigenvalue weighted by molar-refractivity contribution is -0.134. The summed E-state index contributed by atoms with van der Waals surface area (Å²) in [5, 5.41) is 2.92. The van der Waals surface area contributed by atoms with E-state index in [9.17, 15) is 9.59 Å². The summed E-state index contributed by atoms with van der Waals surface area (Å²) in [7, 11) is 0. The van der Waals surface area contributed by atoms with Crippen LogP contribution in [0.15, 0.2) is 30.3 Å². The Hall–Kier alpha value is -1.92. The van der Waals surface area contributed by atoms with E-state index in [1.807, 2.05) is 35.2 Å². The molecule has 3 N–H and O–H groups in total. The zero-order valence-corrected chi connectivity index (χ0v) is 14.8. The highest BCUT2D eigenvalue weighted by Gasteiger charge is 2.31. The molecule has 3 unspecified atom stereocenters. The molecule has 2 aliphatic heterocycles. The number of piperidine rings is 1. The van der Waals surface area contributed by atoms with Gasteiger partial charge in [0.15, 0.2) is 0 Å². The van der Waals surface area contributed by atoms with Crippen molar-refractivity contribution in [1.29, 1.82) is 0 Å². The maximum atomic E-state index is 12.9. The molecule has 3 atom stereocenters. The molecule has 2 amide bonds. The van der Waals surface area contributed by atoms with Gasteiger partial charge in [-0.1, -0.05) is 30.3 Å². The molecule has 6 heteroatoms. The van der Waals surface area contributed by atoms with Crippen LogP contribution in [0.4, 0.5) is 0 Å². The van der Waals surface area contributed by atoms with Crippen LogP contribution in [0.1, 0.15) is 44.2 Å². The number of hydrogen-bond acceptors (Lipinski definition) is 4. The molecule has 0 spiro atoms. The summed E-state index contributed by atoms with van der Waals surface area (Å²) >= 11 is 0. The molecule has 2 heterocycles. The number of likely N-dealkylation sites (tertiary alicyclic amines) is 1. The van der Waals surface area contributed by atoms with Crippen molar-refractivity contribution < 1.29 is 9.59 Å². The number of nitrogens with one attached hydrogen (secondary N) is 3. The van der Waals surface area contributed by atoms with Gasteiger partial charge in [0, 0.05) is 32.6 Å². The fourth-order valence-electron chi connectivity index (χ4n) is 3.91. The van der Waals surface area contributed by atoms with Crippen LogP contribution in [0.5, 0.6) is 0 Å². The summed E-state index contributed by atoms with van der Waals surface area (Å²) in [6, 6.07) is 9.92. The molecule has 6 nitrogen and oxygen atoms in total. The van der Waals surface area contributed by atoms with Gasteiger partial charge < -0.3 is 10.2 Å². The standard InChI is InChI=1S/C19H28N4O2/c1-14(24)21-18(15-6-3-2-4-7-15)12-19(25)23-11-5-8-16(13-23)17-9-10-20-22-17/h2-4,6-7,16-18,20,22H,5,8-13H2,1H3,(H,21,24). The first-order valence-corrected chi connectivity index (χ1v) is 9.21. The lowest BCUT2D eigenvalue weighted by Crippen LogP contribution is -2.47. The summed E-state index contributed by atoms with van der Waals surface area (Å²) < 4.78 is 0. The molecule has 1 aromatic carbocycles. The summed E-state index contributed by atoms with van der Waals surface area (Å²) in [6.45, 7) is 4.11. The number of carbonyl (C=O) groups excluding carboxylic acids is 2. The van der Waals surface area contributed by atoms with E-state index in [4.69, 9.17) is 0 Å². The molecule has 2 aliphatic rings. The SMILES string of the molecule is CC(=O)NC(CC(=O)N1CCCC(C2CCNN2)C1)c1ccccc1. The summed E-state index contributed by atoms with van der Waals surface area (Å²) in [5.41, 5.74) is 7.50. The average molecular weight is 344 g/mol. The second-order valence-corrected chi connectivity index (χ2v) is 7.08. The van der Waals surface area contributed by atoms with Gasteiger partial charge in [0.25, 0.3) is 0 Å². The van der Waals surface area contributed by atoms with Gasteiger partial charge in [0.1, 0.15) is 0 Å². The third kappa shape index (κ3) is 4.80. The third-order valence-electron chi connectivity index (χ3n) is 5.21. The van der Waals surface area contributed by atoms with Gasteiger partial charge in [-0.15, -0.1) is 0 Å². The van der Waals surface area contributed by atoms with E-state index in [0.717, 1.165) is 44.5 Å². The highest BCUT2D eigenvalue weighted by molar-refractivity contribution is 5.79. The molecule has 0 saturated carbocycles. The Morgan fingerprint density at radius 3 is 2.76 bits per heavy atom. The fourth-order valence-corrected chi connectivity index (χ4v) is 3.91. The zero-order chi connectivity index (χ0) is 17.6. The predicted octanol–water partition coefficient (Wildman–Crippen LogP) is 1.36. The molecule has 0 radical (unpaired) electrons. The van der Waals surface area contributed by atoms with Gasteiger partial charge in [-0.05, 0) is 30.7 Å². The smallest absolute Gasteiger partial charge is 0.224 e. The first-order valence-electron chi connectivity index (χ1n) is 9.21. The monoisotopic (exact) mass is 344 g/mol. The van der Waals surface area contributed by atoms with Crippen LogP contribution >= 0.6 is 0 Å². The fraction of sp³-hybridized carbons (Fsp3) is 0.579. The van der Waals surface area contributed by atoms with Crippen LogP contribution in [0, 0.1) is 5.92 Å². The van der Waals surface area contributed by atoms with Crippen LogP contribution < -0.4 is 16.2 Å². The quantitative estimate of drug-likeness (QED) is 0.754. The molecule has 0 aromatic heterocycles. The lowest BCUT2D eigenvalue weighted by Gasteiger charge is -2.36. The Kier molecular flexibility index (Phi) is 6.04. The molecule has 2 fully saturated rings. The van der Waals surface area contributed by atoms with Crippen LogP contribution in [0.3, 0.4) is 0 Å². The van der Waals surface area contributed by atoms with Crippen molar-refractivity contribution in [2.45, 2.75) is 44.7 Å². The van der Waals surface area contributed by atoms with Gasteiger partial charge in [-0.2, -0.15) is 0 Å². The second kappa shape index (κ2) is 8.45. The average Bonchev–Trinajstić information content (AvgIpc) is 3.16. The minimum atomic E-state index is -0.266. The van der Waals surface area contributed by atoms with Gasteiger partial charge in [-0.3, -0.25) is 20.4 Å². The van der Waals surface area contributed by atoms with E-state index < -0.39 is 0 Å². The van der Waals surface area contributed by atoms with E-state index >= 15 is 0 Å². The third-order valence-corrected chi connectivity index (χ3v) is 5.21. The summed E-state index contributed by atoms with van der Waals surface area (Å²) in [5.74, 6) is 0.515. The Morgan fingerprint density at radius 2 is 2.08 bits per heavy atom. The van der Waals surface area contributed by atoms with Crippen molar-refractivity contribution in [3.05, 3.63) is 35.9 Å². The number of nitrogens with zero attached hydrogens (tertiary/aromatic N) is 1. The molecule has 3 rings (SSSR count). The van der Waals surface area contributed by atoms with E-state index in [-0.39, 0.29) is 17.9 Å². The number of carbonyl (C=O) groups is 2. The number of amides is 2. The van der Waals surface area contributed by atoms with Crippen LogP contribution in [0.2, 0.25) is 0 Å². The largest absolute Gasteiger partial charge is 0.349 e. The Balaban J connectivity index is 1.63. The molecule has 0 bridgehead atoms. The Morgan fingerprint density at radius 1 is 1.28 bits per heavy atom. The molecule has 2 saturated heterocycles. The van der Waals surface area contributed by atoms with Crippen molar-refractivity contribution in [2.75, 3.05) is 19.6 Å². The first kappa shape index (κ1) is 17.9. The lowest BCUT2D eigenvalue weighted by atomic mass is 9.89. The minimum absolute atomic E-state index is 0.112. The molecule has 25 heavy (non-hydrogen) atoms. The van der Waals surface area contributed by atoms with Crippen LogP contribution in [-0.2, 0) is 9.59 Å². The van der Waals surface area contributed by atoms with E-state index in [1.165, 1.54) is 6.92 Å². The zero-order valence-electron chi connectivity index (χ0n) is 14.8. The number of rotatable bonds is 5. The van der Waals surface area contributed by atoms with Crippen LogP contribution in [0.25, 0.3) is 0 Å². The molecular formula is C19H28N4O2. The second-order valence-electron chi connectivity index (χ2n) is 7.08. The highest BCUT2D eigenvalue weighted by atomic mass is 16.2. The number of hydrazine groups is 1. The summed E-state index contributed by atoms with van der Waals surface area (Å²) in [6.07, 6.45) is 3.64. The van der Waals surface area contributed by atoms with Crippen molar-refractivity contribution in [1.82, 2.24) is 21.1 Å². The Labute approximate surface area is 149 Å². The van der Waals surface area contributed by atoms with Crippen molar-refractivity contribution in [3.8, 4) is 0 Å². The predicted molar refractivity (Wildman–Crippen MR) is 96.5 cm³/mol. The topological polar surface area (TPSA) is 73.5 Å². The van der Waals surface area contributed by atoms with Crippen LogP contribution in [-0.4, -0.2) is 42.4 Å². The number of hydrogen-bond donors (Lipinski definition) is 3. The van der Waals surface area contributed by atoms with Gasteiger partial charge in [-0.25, -0.2) is 0 Å². The molecule has 136 valence electrons. The molecule has 0 aliphatic carbocycles. The molecular weight excluding hydrogens is 316 g/mol. The van der Waals surface area contributed by atoms with Crippen molar-refractivity contribution in [2.24, 2.45) is 5.92 Å². The normalized spacial score (nSPS) is 24.8. The van der Waals surface area contributed by atoms with Crippen molar-refractivity contribution >= 4 is 11.8 Å². The maximum Gasteiger partial charge on any atom is 0.224 e. The number of benzene rings is 1. The Bertz CT molecular complexity index is 586. The van der Waals surface area contributed by atoms with E-state index in [1.54, 1.807) is 0 Å². The van der Waals surface area contributed by atoms with E-state index in [2.05, 4.69) is 16.2 Å². The minimum Gasteiger partial charge on any atom is -0.349 e. The maximum absolute atomic E-state index is 12.9. The van der Waals surface area contributed by atoms with Gasteiger partial charge in [0.05, 0.1) is 12.5 Å². The first-order chi connectivity index (χ1) is 12.1. The summed E-state index contributed by atoms with van der Waals surface area (Å²) in [4.78, 5) is 26.4. The highest BCUT2D eigenvalue weighted by Crippen LogP contribution is 2.25. The molecule has 1 aromatic rings. The van der Waals surface area contributed by atoms with Crippen molar-refractivity contribution in [3.63, 3.8) is 0 Å². The van der Waals surface area contributed by atoms with E-state index in [0.29, 0.717) is 18.4 Å².